The van der Waals surface area contributed by atoms with Gasteiger partial charge in [-0.3, -0.25) is 4.79 Å². The fourth-order valence-corrected chi connectivity index (χ4v) is 2.30. The van der Waals surface area contributed by atoms with Crippen LogP contribution in [-0.4, -0.2) is 28.5 Å². The summed E-state index contributed by atoms with van der Waals surface area (Å²) in [5.41, 5.74) is 3.56. The smallest absolute Gasteiger partial charge is 0.338 e. The van der Waals surface area contributed by atoms with Crippen LogP contribution in [0.2, 0.25) is 0 Å². The first-order valence-electron chi connectivity index (χ1n) is 7.90. The number of carbonyl (C=O) groups excluding carboxylic acids is 2. The molecule has 3 aromatic rings. The zero-order chi connectivity index (χ0) is 18.7. The summed E-state index contributed by atoms with van der Waals surface area (Å²) in [5, 5.41) is 2.51. The molecular weight excluding hydrogens is 337 g/mol. The number of hydrogen-bond donors (Lipinski definition) is 1. The molecule has 0 radical (unpaired) electrons. The quantitative estimate of drug-likeness (QED) is 0.729. The van der Waals surface area contributed by atoms with Gasteiger partial charge in [0.15, 0.2) is 6.61 Å². The molecule has 2 aromatic carbocycles. The monoisotopic (exact) mass is 353 g/mol. The number of amides is 1. The van der Waals surface area contributed by atoms with E-state index < -0.39 is 24.3 Å². The number of nitrogens with zero attached hydrogens (tertiary/aromatic N) is 2. The number of benzene rings is 2. The third-order valence-corrected chi connectivity index (χ3v) is 3.77. The molecule has 0 saturated carbocycles. The van der Waals surface area contributed by atoms with Crippen LogP contribution >= 0.6 is 0 Å². The molecule has 1 amide bonds. The molecule has 7 heteroatoms. The highest BCUT2D eigenvalue weighted by Crippen LogP contribution is 2.15. The minimum Gasteiger partial charge on any atom is -0.452 e. The van der Waals surface area contributed by atoms with E-state index in [1.807, 2.05) is 13.8 Å². The van der Waals surface area contributed by atoms with Crippen LogP contribution in [-0.2, 0) is 9.53 Å². The Hall–Kier alpha value is -3.35. The van der Waals surface area contributed by atoms with E-state index in [1.165, 1.54) is 24.3 Å². The molecule has 0 aliphatic heterocycles. The zero-order valence-electron chi connectivity index (χ0n) is 14.2. The highest BCUT2D eigenvalue weighted by Gasteiger charge is 2.12. The van der Waals surface area contributed by atoms with Gasteiger partial charge in [0.1, 0.15) is 5.82 Å². The normalized spacial score (nSPS) is 10.6. The summed E-state index contributed by atoms with van der Waals surface area (Å²) < 4.78 is 17.8. The van der Waals surface area contributed by atoms with Gasteiger partial charge in [0.25, 0.3) is 5.91 Å². The van der Waals surface area contributed by atoms with Crippen molar-refractivity contribution >= 4 is 28.6 Å². The third-order valence-electron chi connectivity index (χ3n) is 3.77. The van der Waals surface area contributed by atoms with E-state index in [4.69, 9.17) is 4.74 Å². The molecule has 132 valence electrons. The largest absolute Gasteiger partial charge is 0.452 e. The van der Waals surface area contributed by atoms with Crippen LogP contribution in [0.1, 0.15) is 21.7 Å². The predicted molar refractivity (Wildman–Crippen MR) is 94.3 cm³/mol. The molecule has 3 rings (SSSR count). The van der Waals surface area contributed by atoms with Crippen molar-refractivity contribution in [2.24, 2.45) is 0 Å². The lowest BCUT2D eigenvalue weighted by Crippen LogP contribution is -2.20. The first-order chi connectivity index (χ1) is 12.4. The van der Waals surface area contributed by atoms with Crippen LogP contribution in [0.4, 0.5) is 10.1 Å². The molecule has 6 nitrogen and oxygen atoms in total. The van der Waals surface area contributed by atoms with Crippen LogP contribution in [0.25, 0.3) is 11.0 Å². The lowest BCUT2D eigenvalue weighted by Gasteiger charge is -2.07. The van der Waals surface area contributed by atoms with Gasteiger partial charge in [-0.2, -0.15) is 0 Å². The highest BCUT2D eigenvalue weighted by molar-refractivity contribution is 5.97. The van der Waals surface area contributed by atoms with E-state index in [2.05, 4.69) is 15.3 Å². The van der Waals surface area contributed by atoms with Gasteiger partial charge >= 0.3 is 5.97 Å². The number of carbonyl (C=O) groups is 2. The van der Waals surface area contributed by atoms with Gasteiger partial charge in [-0.05, 0) is 56.3 Å². The van der Waals surface area contributed by atoms with Crippen molar-refractivity contribution in [3.8, 4) is 0 Å². The molecule has 0 aliphatic carbocycles. The third kappa shape index (κ3) is 4.00. The standard InChI is InChI=1S/C19H16FN3O3/c1-11-12(2)22-17-9-13(3-8-16(17)21-11)19(25)26-10-18(24)23-15-6-4-14(20)5-7-15/h3-9H,10H2,1-2H3,(H,23,24). The van der Waals surface area contributed by atoms with Crippen molar-refractivity contribution in [1.82, 2.24) is 9.97 Å². The topological polar surface area (TPSA) is 81.2 Å². The van der Waals surface area contributed by atoms with Crippen LogP contribution < -0.4 is 5.32 Å². The fraction of sp³-hybridized carbons (Fsp3) is 0.158. The van der Waals surface area contributed by atoms with Crippen molar-refractivity contribution in [2.45, 2.75) is 13.8 Å². The average molecular weight is 353 g/mol. The second-order valence-corrected chi connectivity index (χ2v) is 5.73. The number of nitrogens with one attached hydrogen (secondary N) is 1. The Morgan fingerprint density at radius 2 is 1.65 bits per heavy atom. The number of aryl methyl sites for hydroxylation is 2. The predicted octanol–water partition coefficient (Wildman–Crippen LogP) is 3.18. The Kier molecular flexibility index (Phi) is 4.88. The van der Waals surface area contributed by atoms with Crippen molar-refractivity contribution in [1.29, 1.82) is 0 Å². The molecule has 0 unspecified atom stereocenters. The maximum absolute atomic E-state index is 12.8. The maximum atomic E-state index is 12.8. The minimum atomic E-state index is -0.638. The van der Waals surface area contributed by atoms with Gasteiger partial charge in [0, 0.05) is 5.69 Å². The van der Waals surface area contributed by atoms with Crippen molar-refractivity contribution < 1.29 is 18.7 Å². The van der Waals surface area contributed by atoms with E-state index in [0.717, 1.165) is 11.4 Å². The SMILES string of the molecule is Cc1nc2ccc(C(=O)OCC(=O)Nc3ccc(F)cc3)cc2nc1C. The second-order valence-electron chi connectivity index (χ2n) is 5.73. The Labute approximate surface area is 149 Å². The Bertz CT molecular complexity index is 987. The van der Waals surface area contributed by atoms with E-state index in [1.54, 1.807) is 18.2 Å². The average Bonchev–Trinajstić information content (AvgIpc) is 2.62. The maximum Gasteiger partial charge on any atom is 0.338 e. The molecule has 1 N–H and O–H groups in total. The van der Waals surface area contributed by atoms with Gasteiger partial charge < -0.3 is 10.1 Å². The fourth-order valence-electron chi connectivity index (χ4n) is 2.30. The van der Waals surface area contributed by atoms with Gasteiger partial charge in [0.2, 0.25) is 0 Å². The number of esters is 1. The molecule has 0 spiro atoms. The number of fused-ring (bicyclic) bond motifs is 1. The molecule has 0 bridgehead atoms. The molecule has 1 aromatic heterocycles. The lowest BCUT2D eigenvalue weighted by molar-refractivity contribution is -0.119. The number of halogens is 1. The summed E-state index contributed by atoms with van der Waals surface area (Å²) in [6, 6.07) is 10.1. The number of hydrogen-bond acceptors (Lipinski definition) is 5. The van der Waals surface area contributed by atoms with Crippen LogP contribution in [0.3, 0.4) is 0 Å². The Morgan fingerprint density at radius 1 is 1.00 bits per heavy atom. The Morgan fingerprint density at radius 3 is 2.35 bits per heavy atom. The first kappa shape index (κ1) is 17.5. The summed E-state index contributed by atoms with van der Waals surface area (Å²) in [4.78, 5) is 32.8. The van der Waals surface area contributed by atoms with Gasteiger partial charge in [-0.1, -0.05) is 0 Å². The molecule has 0 fully saturated rings. The molecule has 1 heterocycles. The van der Waals surface area contributed by atoms with Crippen molar-refractivity contribution in [3.05, 3.63) is 65.2 Å². The summed E-state index contributed by atoms with van der Waals surface area (Å²) in [6.45, 7) is 3.25. The molecule has 0 aliphatic rings. The zero-order valence-corrected chi connectivity index (χ0v) is 14.2. The van der Waals surface area contributed by atoms with Crippen LogP contribution in [0.15, 0.2) is 42.5 Å². The number of ether oxygens (including phenoxy) is 1. The Balaban J connectivity index is 1.64. The number of anilines is 1. The van der Waals surface area contributed by atoms with E-state index >= 15 is 0 Å². The highest BCUT2D eigenvalue weighted by atomic mass is 19.1. The van der Waals surface area contributed by atoms with Gasteiger partial charge in [0.05, 0.1) is 28.0 Å². The summed E-state index contributed by atoms with van der Waals surface area (Å²) in [5.74, 6) is -1.56. The number of aromatic nitrogens is 2. The first-order valence-corrected chi connectivity index (χ1v) is 7.90. The summed E-state index contributed by atoms with van der Waals surface area (Å²) in [6.07, 6.45) is 0. The lowest BCUT2D eigenvalue weighted by atomic mass is 10.2. The van der Waals surface area contributed by atoms with Crippen LogP contribution in [0.5, 0.6) is 0 Å². The van der Waals surface area contributed by atoms with Gasteiger partial charge in [-0.15, -0.1) is 0 Å². The van der Waals surface area contributed by atoms with Crippen LogP contribution in [0, 0.1) is 19.7 Å². The van der Waals surface area contributed by atoms with Crippen molar-refractivity contribution in [2.75, 3.05) is 11.9 Å². The molecule has 0 atom stereocenters. The van der Waals surface area contributed by atoms with Gasteiger partial charge in [-0.25, -0.2) is 19.2 Å². The summed E-state index contributed by atoms with van der Waals surface area (Å²) in [7, 11) is 0. The van der Waals surface area contributed by atoms with E-state index in [0.29, 0.717) is 16.7 Å². The molecule has 0 saturated heterocycles. The molecular formula is C19H16FN3O3. The summed E-state index contributed by atoms with van der Waals surface area (Å²) >= 11 is 0. The minimum absolute atomic E-state index is 0.282. The molecule has 26 heavy (non-hydrogen) atoms. The van der Waals surface area contributed by atoms with Crippen molar-refractivity contribution in [3.63, 3.8) is 0 Å². The van der Waals surface area contributed by atoms with E-state index in [-0.39, 0.29) is 5.56 Å². The second kappa shape index (κ2) is 7.26. The number of rotatable bonds is 4. The van der Waals surface area contributed by atoms with E-state index in [9.17, 15) is 14.0 Å².